The van der Waals surface area contributed by atoms with Crippen LogP contribution in [-0.2, 0) is 19.9 Å². The lowest BCUT2D eigenvalue weighted by Crippen LogP contribution is -2.49. The molecule has 2 fully saturated rings. The molecule has 2 aliphatic heterocycles. The SMILES string of the molecule is CC1CN(C(=O)CN2C(=O)NC(C)(c3ccccc3F)C2=O)CCO1. The number of morpholine rings is 1. The van der Waals surface area contributed by atoms with Gasteiger partial charge in [-0.15, -0.1) is 0 Å². The van der Waals surface area contributed by atoms with Gasteiger partial charge in [-0.2, -0.15) is 0 Å². The van der Waals surface area contributed by atoms with Crippen molar-refractivity contribution >= 4 is 17.8 Å². The monoisotopic (exact) mass is 349 g/mol. The number of amides is 4. The zero-order chi connectivity index (χ0) is 18.2. The number of halogens is 1. The van der Waals surface area contributed by atoms with Crippen LogP contribution in [-0.4, -0.2) is 60.0 Å². The summed E-state index contributed by atoms with van der Waals surface area (Å²) in [6.07, 6.45) is -0.0931. The predicted octanol–water partition coefficient (Wildman–Crippen LogP) is 0.840. The molecule has 0 radical (unpaired) electrons. The Morgan fingerprint density at radius 2 is 2.12 bits per heavy atom. The molecule has 2 unspecified atom stereocenters. The van der Waals surface area contributed by atoms with Crippen molar-refractivity contribution in [3.8, 4) is 0 Å². The Balaban J connectivity index is 1.78. The molecule has 1 aromatic rings. The smallest absolute Gasteiger partial charge is 0.325 e. The maximum Gasteiger partial charge on any atom is 0.325 e. The van der Waals surface area contributed by atoms with E-state index in [1.165, 1.54) is 25.1 Å². The van der Waals surface area contributed by atoms with Gasteiger partial charge in [0.25, 0.3) is 5.91 Å². The van der Waals surface area contributed by atoms with Crippen LogP contribution in [0.3, 0.4) is 0 Å². The van der Waals surface area contributed by atoms with Gasteiger partial charge in [0.05, 0.1) is 12.7 Å². The molecule has 2 atom stereocenters. The number of urea groups is 1. The second-order valence-electron chi connectivity index (χ2n) is 6.45. The van der Waals surface area contributed by atoms with Crippen LogP contribution in [0.4, 0.5) is 9.18 Å². The lowest BCUT2D eigenvalue weighted by atomic mass is 9.91. The van der Waals surface area contributed by atoms with E-state index in [1.807, 2.05) is 6.92 Å². The highest BCUT2D eigenvalue weighted by Crippen LogP contribution is 2.30. The molecule has 0 aromatic heterocycles. The summed E-state index contributed by atoms with van der Waals surface area (Å²) in [6.45, 7) is 4.15. The van der Waals surface area contributed by atoms with Crippen LogP contribution < -0.4 is 5.32 Å². The first-order chi connectivity index (χ1) is 11.8. The maximum absolute atomic E-state index is 14.1. The van der Waals surface area contributed by atoms with Gasteiger partial charge < -0.3 is 15.0 Å². The number of benzene rings is 1. The van der Waals surface area contributed by atoms with Crippen molar-refractivity contribution in [2.75, 3.05) is 26.2 Å². The van der Waals surface area contributed by atoms with Gasteiger partial charge in [0.1, 0.15) is 17.9 Å². The number of nitrogens with zero attached hydrogens (tertiary/aromatic N) is 2. The summed E-state index contributed by atoms with van der Waals surface area (Å²) in [6, 6.07) is 5.06. The summed E-state index contributed by atoms with van der Waals surface area (Å²) in [5.74, 6) is -1.57. The van der Waals surface area contributed by atoms with Crippen LogP contribution >= 0.6 is 0 Å². The molecule has 0 saturated carbocycles. The fourth-order valence-corrected chi connectivity index (χ4v) is 3.17. The first-order valence-corrected chi connectivity index (χ1v) is 8.11. The summed E-state index contributed by atoms with van der Waals surface area (Å²) in [5, 5.41) is 2.51. The quantitative estimate of drug-likeness (QED) is 0.820. The van der Waals surface area contributed by atoms with E-state index >= 15 is 0 Å². The van der Waals surface area contributed by atoms with E-state index in [-0.39, 0.29) is 24.1 Å². The number of rotatable bonds is 3. The third-order valence-electron chi connectivity index (χ3n) is 4.57. The number of nitrogens with one attached hydrogen (secondary N) is 1. The highest BCUT2D eigenvalue weighted by Gasteiger charge is 2.50. The van der Waals surface area contributed by atoms with Crippen LogP contribution in [0.15, 0.2) is 24.3 Å². The molecule has 0 bridgehead atoms. The molecule has 25 heavy (non-hydrogen) atoms. The molecule has 2 heterocycles. The van der Waals surface area contributed by atoms with Crippen molar-refractivity contribution in [3.63, 3.8) is 0 Å². The van der Waals surface area contributed by atoms with E-state index in [1.54, 1.807) is 11.0 Å². The van der Waals surface area contributed by atoms with Crippen LogP contribution in [0.5, 0.6) is 0 Å². The third-order valence-corrected chi connectivity index (χ3v) is 4.57. The summed E-state index contributed by atoms with van der Waals surface area (Å²) in [7, 11) is 0. The first kappa shape index (κ1) is 17.3. The van der Waals surface area contributed by atoms with Gasteiger partial charge >= 0.3 is 6.03 Å². The van der Waals surface area contributed by atoms with Gasteiger partial charge in [-0.05, 0) is 19.9 Å². The Hall–Kier alpha value is -2.48. The zero-order valence-electron chi connectivity index (χ0n) is 14.1. The Morgan fingerprint density at radius 1 is 1.40 bits per heavy atom. The first-order valence-electron chi connectivity index (χ1n) is 8.11. The number of hydrogen-bond acceptors (Lipinski definition) is 4. The van der Waals surface area contributed by atoms with Crippen molar-refractivity contribution in [2.45, 2.75) is 25.5 Å². The topological polar surface area (TPSA) is 79.0 Å². The van der Waals surface area contributed by atoms with Crippen molar-refractivity contribution in [3.05, 3.63) is 35.6 Å². The van der Waals surface area contributed by atoms with Gasteiger partial charge in [-0.25, -0.2) is 9.18 Å². The number of hydrogen-bond donors (Lipinski definition) is 1. The van der Waals surface area contributed by atoms with Gasteiger partial charge in [0.2, 0.25) is 5.91 Å². The molecule has 3 rings (SSSR count). The lowest BCUT2D eigenvalue weighted by molar-refractivity contribution is -0.143. The third kappa shape index (κ3) is 3.09. The summed E-state index contributed by atoms with van der Waals surface area (Å²) in [4.78, 5) is 39.8. The number of imide groups is 1. The Labute approximate surface area is 144 Å². The molecule has 1 N–H and O–H groups in total. The number of carbonyl (C=O) groups is 3. The van der Waals surface area contributed by atoms with E-state index in [2.05, 4.69) is 5.32 Å². The maximum atomic E-state index is 14.1. The molecule has 4 amide bonds. The highest BCUT2D eigenvalue weighted by atomic mass is 19.1. The van der Waals surface area contributed by atoms with E-state index in [4.69, 9.17) is 4.74 Å². The Morgan fingerprint density at radius 3 is 2.80 bits per heavy atom. The van der Waals surface area contributed by atoms with Crippen LogP contribution in [0.2, 0.25) is 0 Å². The highest BCUT2D eigenvalue weighted by molar-refractivity contribution is 6.09. The average Bonchev–Trinajstić information content (AvgIpc) is 2.79. The molecule has 7 nitrogen and oxygen atoms in total. The van der Waals surface area contributed by atoms with E-state index in [9.17, 15) is 18.8 Å². The minimum Gasteiger partial charge on any atom is -0.375 e. The van der Waals surface area contributed by atoms with Crippen molar-refractivity contribution in [2.24, 2.45) is 0 Å². The van der Waals surface area contributed by atoms with Gasteiger partial charge in [-0.1, -0.05) is 18.2 Å². The largest absolute Gasteiger partial charge is 0.375 e. The lowest BCUT2D eigenvalue weighted by Gasteiger charge is -2.32. The molecular weight excluding hydrogens is 329 g/mol. The summed E-state index contributed by atoms with van der Waals surface area (Å²) >= 11 is 0. The molecule has 8 heteroatoms. The fourth-order valence-electron chi connectivity index (χ4n) is 3.17. The van der Waals surface area contributed by atoms with Crippen LogP contribution in [0.25, 0.3) is 0 Å². The van der Waals surface area contributed by atoms with Gasteiger partial charge in [-0.3, -0.25) is 14.5 Å². The standard InChI is InChI=1S/C17H20FN3O4/c1-11-9-20(7-8-25-11)14(22)10-21-15(23)17(2,19-16(21)24)12-5-3-4-6-13(12)18/h3-6,11H,7-10H2,1-2H3,(H,19,24). The second-order valence-corrected chi connectivity index (χ2v) is 6.45. The van der Waals surface area contributed by atoms with E-state index < -0.39 is 23.3 Å². The molecular formula is C17H20FN3O4. The van der Waals surface area contributed by atoms with Gasteiger partial charge in [0.15, 0.2) is 0 Å². The zero-order valence-corrected chi connectivity index (χ0v) is 14.1. The predicted molar refractivity (Wildman–Crippen MR) is 86.0 cm³/mol. The normalized spacial score (nSPS) is 26.8. The Kier molecular flexibility index (Phi) is 4.47. The molecule has 0 aliphatic carbocycles. The molecule has 2 saturated heterocycles. The molecule has 2 aliphatic rings. The fraction of sp³-hybridized carbons (Fsp3) is 0.471. The van der Waals surface area contributed by atoms with Gasteiger partial charge in [0, 0.05) is 18.7 Å². The van der Waals surface area contributed by atoms with Crippen molar-refractivity contribution < 1.29 is 23.5 Å². The van der Waals surface area contributed by atoms with Crippen molar-refractivity contribution in [1.82, 2.24) is 15.1 Å². The molecule has 134 valence electrons. The molecule has 1 aromatic carbocycles. The number of ether oxygens (including phenoxy) is 1. The molecule has 0 spiro atoms. The van der Waals surface area contributed by atoms with Crippen molar-refractivity contribution in [1.29, 1.82) is 0 Å². The van der Waals surface area contributed by atoms with E-state index in [0.717, 1.165) is 4.90 Å². The van der Waals surface area contributed by atoms with Crippen LogP contribution in [0.1, 0.15) is 19.4 Å². The minimum absolute atomic E-state index is 0.0725. The van der Waals surface area contributed by atoms with Crippen LogP contribution in [0, 0.1) is 5.82 Å². The number of carbonyl (C=O) groups excluding carboxylic acids is 3. The van der Waals surface area contributed by atoms with E-state index in [0.29, 0.717) is 19.7 Å². The second kappa shape index (κ2) is 6.44. The average molecular weight is 349 g/mol. The summed E-state index contributed by atoms with van der Waals surface area (Å²) < 4.78 is 19.5. The Bertz CT molecular complexity index is 726. The summed E-state index contributed by atoms with van der Waals surface area (Å²) in [5.41, 5.74) is -1.45. The minimum atomic E-state index is -1.53.